The summed E-state index contributed by atoms with van der Waals surface area (Å²) in [5.41, 5.74) is -9.51. The van der Waals surface area contributed by atoms with Crippen LogP contribution in [-0.2, 0) is 47.5 Å². The summed E-state index contributed by atoms with van der Waals surface area (Å²) in [7, 11) is 0. The van der Waals surface area contributed by atoms with Crippen LogP contribution in [0.15, 0.2) is 18.2 Å². The van der Waals surface area contributed by atoms with Crippen LogP contribution in [-0.4, -0.2) is 165 Å². The predicted molar refractivity (Wildman–Crippen MR) is 163 cm³/mol. The normalized spacial score (nSPS) is 42.4. The first-order chi connectivity index (χ1) is 26.7. The number of aliphatic hydroxyl groups is 6. The Kier molecular flexibility index (Phi) is 7.34. The standard InChI is InChI=1S/C33H28O24/c34-5-13-19-18(42)21(26(51-13)55-24(43)7-1-9(35)16(40)10(36)2-7)52-25(44)8-3-11(37)17(41)20-15(8)22-29(27(45)53-19)4-14(39)31(47,32(22,48)56-20)57-30(29)28(46)54-23-12(38)6-50-33(23,30)49/h1-3,12-13,18-19,21-23,26,34-38,40-42,47-49H,4-6H2. The second kappa shape index (κ2) is 11.3. The predicted octanol–water partition coefficient (Wildman–Crippen LogP) is -4.81. The molecule has 304 valence electrons. The molecule has 10 rings (SSSR count). The number of phenolic OH excluding ortho intramolecular Hbond substituents is 5. The molecule has 7 heterocycles. The Balaban J connectivity index is 1.26. The Bertz CT molecular complexity index is 2200. The molecule has 2 aromatic rings. The first-order valence-electron chi connectivity index (χ1n) is 16.8. The van der Waals surface area contributed by atoms with Gasteiger partial charge in [-0.1, -0.05) is 0 Å². The fourth-order valence-corrected chi connectivity index (χ4v) is 9.03. The van der Waals surface area contributed by atoms with E-state index in [1.165, 1.54) is 0 Å². The van der Waals surface area contributed by atoms with E-state index < -0.39 is 178 Å². The topological polar surface area (TPSA) is 382 Å². The van der Waals surface area contributed by atoms with Gasteiger partial charge in [-0.3, -0.25) is 9.59 Å². The summed E-state index contributed by atoms with van der Waals surface area (Å²) in [5, 5.41) is 120. The van der Waals surface area contributed by atoms with Gasteiger partial charge in [-0.15, -0.1) is 0 Å². The van der Waals surface area contributed by atoms with Crippen molar-refractivity contribution in [3.05, 3.63) is 34.9 Å². The van der Waals surface area contributed by atoms with E-state index in [1.807, 2.05) is 0 Å². The van der Waals surface area contributed by atoms with Crippen molar-refractivity contribution >= 4 is 29.7 Å². The number of carbonyl (C=O) groups is 5. The van der Waals surface area contributed by atoms with Gasteiger partial charge >= 0.3 is 23.9 Å². The molecular formula is C33H28O24. The first-order valence-corrected chi connectivity index (χ1v) is 16.8. The van der Waals surface area contributed by atoms with Crippen molar-refractivity contribution in [2.45, 2.75) is 78.2 Å². The molecule has 13 unspecified atom stereocenters. The van der Waals surface area contributed by atoms with E-state index in [0.717, 1.165) is 0 Å². The van der Waals surface area contributed by atoms with Crippen LogP contribution in [0.4, 0.5) is 0 Å². The SMILES string of the molecule is O=C(OC1OC(CO)C2OC(=O)C34CC(=O)C(O)(OC35C(=O)OC3C(O)COC35O)C3(O)Oc5c(O)c(O)cc(c5C34)C(=O)OC1C2O)c1cc(O)c(O)c(O)c1. The van der Waals surface area contributed by atoms with Crippen LogP contribution >= 0.6 is 0 Å². The van der Waals surface area contributed by atoms with Crippen molar-refractivity contribution < 1.29 is 118 Å². The Morgan fingerprint density at radius 1 is 0.842 bits per heavy atom. The van der Waals surface area contributed by atoms with Gasteiger partial charge in [0.15, 0.2) is 52.8 Å². The summed E-state index contributed by atoms with van der Waals surface area (Å²) in [6.45, 7) is -2.04. The first kappa shape index (κ1) is 37.0. The Hall–Kier alpha value is -5.57. The fourth-order valence-electron chi connectivity index (χ4n) is 9.03. The van der Waals surface area contributed by atoms with Crippen molar-refractivity contribution in [3.8, 4) is 34.5 Å². The van der Waals surface area contributed by atoms with Crippen molar-refractivity contribution in [2.75, 3.05) is 13.2 Å². The zero-order chi connectivity index (χ0) is 41.1. The molecular weight excluding hydrogens is 780 g/mol. The highest BCUT2D eigenvalue weighted by molar-refractivity contribution is 6.06. The Labute approximate surface area is 314 Å². The van der Waals surface area contributed by atoms with E-state index in [9.17, 15) is 75.3 Å². The number of Topliss-reactive ketones (excluding diaryl/α,β-unsaturated/α-hetero) is 1. The van der Waals surface area contributed by atoms with Gasteiger partial charge in [0, 0.05) is 12.0 Å². The number of carbonyl (C=O) groups excluding carboxylic acids is 5. The van der Waals surface area contributed by atoms with E-state index in [-0.39, 0.29) is 0 Å². The molecule has 4 bridgehead atoms. The van der Waals surface area contributed by atoms with Crippen molar-refractivity contribution in [1.82, 2.24) is 0 Å². The average Bonchev–Trinajstić information content (AvgIpc) is 3.72. The molecule has 8 aliphatic rings. The highest BCUT2D eigenvalue weighted by Gasteiger charge is 2.97. The summed E-state index contributed by atoms with van der Waals surface area (Å²) < 4.78 is 43.8. The number of rotatable bonds is 3. The fraction of sp³-hybridized carbons (Fsp3) is 0.485. The van der Waals surface area contributed by atoms with E-state index in [1.54, 1.807) is 0 Å². The molecule has 7 aliphatic heterocycles. The maximum atomic E-state index is 15.1. The number of hydrogen-bond acceptors (Lipinski definition) is 24. The van der Waals surface area contributed by atoms with Gasteiger partial charge in [0.2, 0.25) is 23.4 Å². The van der Waals surface area contributed by atoms with Crippen LogP contribution in [0.25, 0.3) is 0 Å². The maximum absolute atomic E-state index is 15.1. The van der Waals surface area contributed by atoms with Gasteiger partial charge in [-0.25, -0.2) is 14.4 Å². The second-order valence-corrected chi connectivity index (χ2v) is 14.4. The third-order valence-electron chi connectivity index (χ3n) is 11.6. The summed E-state index contributed by atoms with van der Waals surface area (Å²) in [5.74, 6) is -28.6. The summed E-state index contributed by atoms with van der Waals surface area (Å²) in [6.07, 6.45) is -16.8. The molecule has 1 saturated carbocycles. The molecule has 5 saturated heterocycles. The molecule has 0 amide bonds. The number of hydrogen-bond donors (Lipinski definition) is 11. The zero-order valence-corrected chi connectivity index (χ0v) is 28.2. The van der Waals surface area contributed by atoms with Crippen molar-refractivity contribution in [2.24, 2.45) is 5.41 Å². The van der Waals surface area contributed by atoms with E-state index in [0.29, 0.717) is 18.2 Å². The van der Waals surface area contributed by atoms with Gasteiger partial charge in [0.05, 0.1) is 30.3 Å². The average molecular weight is 809 g/mol. The number of benzene rings is 2. The van der Waals surface area contributed by atoms with Gasteiger partial charge in [0.1, 0.15) is 23.7 Å². The van der Waals surface area contributed by atoms with Crippen LogP contribution in [0, 0.1) is 5.41 Å². The highest BCUT2D eigenvalue weighted by atomic mass is 16.8. The van der Waals surface area contributed by atoms with Gasteiger partial charge < -0.3 is 94.1 Å². The maximum Gasteiger partial charge on any atom is 0.346 e. The molecule has 13 atom stereocenters. The van der Waals surface area contributed by atoms with Gasteiger partial charge in [-0.05, 0) is 18.2 Å². The molecule has 2 spiro atoms. The lowest BCUT2D eigenvalue weighted by atomic mass is 9.47. The lowest BCUT2D eigenvalue weighted by Gasteiger charge is -2.64. The van der Waals surface area contributed by atoms with Crippen LogP contribution in [0.5, 0.6) is 34.5 Å². The third kappa shape index (κ3) is 4.12. The Morgan fingerprint density at radius 2 is 1.51 bits per heavy atom. The van der Waals surface area contributed by atoms with Crippen LogP contribution in [0.3, 0.4) is 0 Å². The van der Waals surface area contributed by atoms with E-state index in [4.69, 9.17) is 37.9 Å². The molecule has 57 heavy (non-hydrogen) atoms. The quantitative estimate of drug-likeness (QED) is 0.0787. The molecule has 0 aromatic heterocycles. The molecule has 11 N–H and O–H groups in total. The van der Waals surface area contributed by atoms with Crippen LogP contribution in [0.1, 0.15) is 38.6 Å². The lowest BCUT2D eigenvalue weighted by molar-refractivity contribution is -0.459. The lowest BCUT2D eigenvalue weighted by Crippen LogP contribution is -2.88. The number of aliphatic hydroxyl groups excluding tert-OH is 3. The summed E-state index contributed by atoms with van der Waals surface area (Å²) >= 11 is 0. The van der Waals surface area contributed by atoms with E-state index >= 15 is 4.79 Å². The molecule has 6 fully saturated rings. The minimum atomic E-state index is -3.84. The largest absolute Gasteiger partial charge is 0.504 e. The number of ether oxygens (including phenoxy) is 8. The molecule has 2 aromatic carbocycles. The minimum absolute atomic E-state index is 0.484. The third-order valence-corrected chi connectivity index (χ3v) is 11.6. The van der Waals surface area contributed by atoms with Crippen LogP contribution < -0.4 is 4.74 Å². The van der Waals surface area contributed by atoms with Crippen molar-refractivity contribution in [1.29, 1.82) is 0 Å². The summed E-state index contributed by atoms with van der Waals surface area (Å²) in [4.78, 5) is 70.7. The Morgan fingerprint density at radius 3 is 2.18 bits per heavy atom. The van der Waals surface area contributed by atoms with Gasteiger partial charge in [-0.2, -0.15) is 0 Å². The number of aromatic hydroxyl groups is 5. The molecule has 24 heteroatoms. The van der Waals surface area contributed by atoms with E-state index in [2.05, 4.69) is 0 Å². The van der Waals surface area contributed by atoms with Crippen LogP contribution in [0.2, 0.25) is 0 Å². The summed E-state index contributed by atoms with van der Waals surface area (Å²) in [6, 6.07) is 1.76. The monoisotopic (exact) mass is 808 g/mol. The number of esters is 4. The molecule has 24 nitrogen and oxygen atoms in total. The molecule has 1 aliphatic carbocycles. The number of fused-ring (bicyclic) bond motifs is 4. The highest BCUT2D eigenvalue weighted by Crippen LogP contribution is 2.75. The minimum Gasteiger partial charge on any atom is -0.504 e. The van der Waals surface area contributed by atoms with Crippen molar-refractivity contribution in [3.63, 3.8) is 0 Å². The smallest absolute Gasteiger partial charge is 0.346 e. The molecule has 0 radical (unpaired) electrons. The zero-order valence-electron chi connectivity index (χ0n) is 28.2. The number of phenols is 5. The van der Waals surface area contributed by atoms with Gasteiger partial charge in [0.25, 0.3) is 11.6 Å². The number of ketones is 1. The second-order valence-electron chi connectivity index (χ2n) is 14.4.